The number of benzene rings is 11. The van der Waals surface area contributed by atoms with Gasteiger partial charge in [0.2, 0.25) is 0 Å². The van der Waals surface area contributed by atoms with E-state index >= 15 is 0 Å². The molecule has 8 nitrogen and oxygen atoms in total. The predicted molar refractivity (Wildman–Crippen MR) is 345 cm³/mol. The molecular weight excluding hydrogens is 1050 g/mol. The van der Waals surface area contributed by atoms with E-state index in [0.717, 1.165) is 112 Å². The van der Waals surface area contributed by atoms with Crippen LogP contribution in [-0.4, -0.2) is 39.0 Å². The molecule has 15 aromatic rings. The van der Waals surface area contributed by atoms with Crippen LogP contribution in [0.5, 0.6) is 0 Å². The summed E-state index contributed by atoms with van der Waals surface area (Å²) in [6.07, 6.45) is 0. The summed E-state index contributed by atoms with van der Waals surface area (Å²) in [7, 11) is 0. The fraction of sp³-hybridized carbons (Fsp3) is 0.0256. The van der Waals surface area contributed by atoms with Gasteiger partial charge in [0.1, 0.15) is 11.6 Å². The molecule has 86 heavy (non-hydrogen) atoms. The van der Waals surface area contributed by atoms with E-state index in [9.17, 15) is 0 Å². The summed E-state index contributed by atoms with van der Waals surface area (Å²) in [5.74, 6) is 3.00. The number of fused-ring (bicyclic) bond motifs is 2. The zero-order valence-electron chi connectivity index (χ0n) is 46.4. The van der Waals surface area contributed by atoms with Gasteiger partial charge in [0.15, 0.2) is 11.6 Å². The zero-order valence-corrected chi connectivity index (χ0v) is 46.4. The average Bonchev–Trinajstić information content (AvgIpc) is 1.06. The number of hydrogen-bond acceptors (Lipinski definition) is 6. The van der Waals surface area contributed by atoms with Crippen LogP contribution < -0.4 is 0 Å². The van der Waals surface area contributed by atoms with Gasteiger partial charge in [0.05, 0.1) is 44.8 Å². The fourth-order valence-corrected chi connectivity index (χ4v) is 13.3. The maximum atomic E-state index is 5.41. The monoisotopic (exact) mass is 1100 g/mol. The van der Waals surface area contributed by atoms with Gasteiger partial charge in [-0.15, -0.1) is 0 Å². The first kappa shape index (κ1) is 49.2. The number of imidazole rings is 2. The maximum Gasteiger partial charge on any atom is 0.160 e. The summed E-state index contributed by atoms with van der Waals surface area (Å²) in [6, 6.07) is 103. The smallest absolute Gasteiger partial charge is 0.160 e. The maximum absolute atomic E-state index is 5.41. The molecule has 2 unspecified atom stereocenters. The van der Waals surface area contributed by atoms with Gasteiger partial charge in [-0.25, -0.2) is 29.9 Å². The van der Waals surface area contributed by atoms with Gasteiger partial charge in [-0.2, -0.15) is 0 Å². The van der Waals surface area contributed by atoms with Gasteiger partial charge in [-0.1, -0.05) is 218 Å². The van der Waals surface area contributed by atoms with Crippen LogP contribution in [0.15, 0.2) is 291 Å². The molecule has 0 N–H and O–H groups in total. The van der Waals surface area contributed by atoms with E-state index in [0.29, 0.717) is 11.6 Å². The molecule has 0 radical (unpaired) electrons. The zero-order chi connectivity index (χ0) is 56.7. The number of nitrogens with zero attached hydrogens (tertiary/aromatic N) is 8. The van der Waals surface area contributed by atoms with Crippen molar-refractivity contribution in [3.05, 3.63) is 325 Å². The highest BCUT2D eigenvalue weighted by Crippen LogP contribution is 2.57. The van der Waals surface area contributed by atoms with Crippen LogP contribution in [0.2, 0.25) is 0 Å². The molecule has 8 heteroatoms. The topological polar surface area (TPSA) is 87.2 Å². The second kappa shape index (κ2) is 20.2. The fourth-order valence-electron chi connectivity index (χ4n) is 13.3. The summed E-state index contributed by atoms with van der Waals surface area (Å²) in [6.45, 7) is 0. The van der Waals surface area contributed by atoms with Crippen molar-refractivity contribution in [2.45, 2.75) is 11.8 Å². The van der Waals surface area contributed by atoms with Crippen LogP contribution in [0.3, 0.4) is 0 Å². The lowest BCUT2D eigenvalue weighted by Crippen LogP contribution is -2.27. The Kier molecular flexibility index (Phi) is 11.5. The Morgan fingerprint density at radius 1 is 0.233 bits per heavy atom. The third-order valence-electron chi connectivity index (χ3n) is 17.2. The molecule has 4 heterocycles. The quantitative estimate of drug-likeness (QED) is 0.136. The molecule has 2 bridgehead atoms. The molecule has 3 aliphatic rings. The molecule has 3 aliphatic carbocycles. The van der Waals surface area contributed by atoms with Gasteiger partial charge in [0.25, 0.3) is 0 Å². The molecule has 4 aromatic heterocycles. The lowest BCUT2D eigenvalue weighted by atomic mass is 9.60. The highest BCUT2D eigenvalue weighted by molar-refractivity contribution is 5.91. The van der Waals surface area contributed by atoms with Crippen molar-refractivity contribution in [2.75, 3.05) is 0 Å². The number of para-hydroxylation sites is 6. The number of hydrogen-bond donors (Lipinski definition) is 0. The molecule has 0 fully saturated rings. The number of aromatic nitrogens is 8. The Bertz CT molecular complexity index is 4810. The third-order valence-corrected chi connectivity index (χ3v) is 17.2. The Morgan fingerprint density at radius 2 is 0.570 bits per heavy atom. The van der Waals surface area contributed by atoms with Gasteiger partial charge in [-0.3, -0.25) is 9.13 Å². The average molecular weight is 1100 g/mol. The van der Waals surface area contributed by atoms with Crippen molar-refractivity contribution in [1.82, 2.24) is 39.0 Å². The van der Waals surface area contributed by atoms with Crippen LogP contribution in [-0.2, 0) is 0 Å². The molecule has 402 valence electrons. The SMILES string of the molecule is c1ccc(-c2nc(-c3ccc4c(c3)C3c5ccccc5C4c4cc(-c5cc(-c6ccccc6-c6nc7ccccc7n6-c6ccccc6)nc(-c6ccccc6)n5)ccc43)cc(-c3ccccc3-c3nc4ccccc4n3-c3ccccc3)n2)cc1. The van der Waals surface area contributed by atoms with Gasteiger partial charge in [0, 0.05) is 67.7 Å². The Balaban J connectivity index is 0.793. The highest BCUT2D eigenvalue weighted by atomic mass is 15.1. The molecule has 0 amide bonds. The van der Waals surface area contributed by atoms with Crippen molar-refractivity contribution in [3.8, 4) is 102 Å². The van der Waals surface area contributed by atoms with E-state index in [1.54, 1.807) is 0 Å². The second-order valence-corrected chi connectivity index (χ2v) is 22.1. The second-order valence-electron chi connectivity index (χ2n) is 22.1. The van der Waals surface area contributed by atoms with E-state index in [2.05, 4.69) is 240 Å². The van der Waals surface area contributed by atoms with Crippen molar-refractivity contribution in [2.24, 2.45) is 0 Å². The Labute approximate surface area is 496 Å². The molecular formula is C78H50N8. The first-order valence-electron chi connectivity index (χ1n) is 29.2. The van der Waals surface area contributed by atoms with E-state index in [-0.39, 0.29) is 11.8 Å². The summed E-state index contributed by atoms with van der Waals surface area (Å²) in [5, 5.41) is 0. The summed E-state index contributed by atoms with van der Waals surface area (Å²) in [4.78, 5) is 32.2. The molecule has 18 rings (SSSR count). The predicted octanol–water partition coefficient (Wildman–Crippen LogP) is 18.3. The van der Waals surface area contributed by atoms with E-state index in [1.165, 1.54) is 33.4 Å². The first-order chi connectivity index (χ1) is 42.6. The molecule has 0 saturated carbocycles. The van der Waals surface area contributed by atoms with Crippen molar-refractivity contribution >= 4 is 22.1 Å². The minimum absolute atomic E-state index is 0.00612. The first-order valence-corrected chi connectivity index (χ1v) is 29.2. The third kappa shape index (κ3) is 8.14. The Hall–Kier alpha value is -11.5. The van der Waals surface area contributed by atoms with Crippen LogP contribution in [0.25, 0.3) is 124 Å². The molecule has 0 saturated heterocycles. The molecule has 11 aromatic carbocycles. The molecule has 2 atom stereocenters. The minimum Gasteiger partial charge on any atom is -0.292 e. The van der Waals surface area contributed by atoms with Crippen LogP contribution >= 0.6 is 0 Å². The van der Waals surface area contributed by atoms with Crippen molar-refractivity contribution in [1.29, 1.82) is 0 Å². The van der Waals surface area contributed by atoms with Crippen molar-refractivity contribution in [3.63, 3.8) is 0 Å². The van der Waals surface area contributed by atoms with Crippen LogP contribution in [0.4, 0.5) is 0 Å². The van der Waals surface area contributed by atoms with Gasteiger partial charge in [-0.05, 0) is 106 Å². The standard InChI is InChI=1S/C78H50N8/c1-5-23-49(24-6-1)75-79-67(47-69(81-75)55-31-13-17-35-61(55)77-83-65-37-19-21-39-71(65)85(77)53-27-9-3-10-28-53)51-41-43-59-63(45-51)73-57-33-15-16-34-58(57)74(59)64-46-52(42-44-60(64)73)68-48-70(82-76(80-68)50-25-7-2-8-26-50)56-32-14-18-36-62(56)78-84-66-38-20-22-40-72(66)86(78)54-29-11-4-12-30-54/h1-48,73-74H. The largest absolute Gasteiger partial charge is 0.292 e. The normalized spacial score (nSPS) is 13.8. The van der Waals surface area contributed by atoms with E-state index in [4.69, 9.17) is 29.9 Å². The van der Waals surface area contributed by atoms with Gasteiger partial charge >= 0.3 is 0 Å². The van der Waals surface area contributed by atoms with Gasteiger partial charge < -0.3 is 0 Å². The van der Waals surface area contributed by atoms with Crippen LogP contribution in [0.1, 0.15) is 45.2 Å². The summed E-state index contributed by atoms with van der Waals surface area (Å²) in [5.41, 5.74) is 25.0. The number of rotatable bonds is 10. The lowest BCUT2D eigenvalue weighted by molar-refractivity contribution is 0.755. The molecule has 0 aliphatic heterocycles. The Morgan fingerprint density at radius 3 is 1.00 bits per heavy atom. The van der Waals surface area contributed by atoms with E-state index < -0.39 is 0 Å². The van der Waals surface area contributed by atoms with E-state index in [1.807, 2.05) is 60.7 Å². The highest BCUT2D eigenvalue weighted by Gasteiger charge is 2.41. The van der Waals surface area contributed by atoms with Crippen molar-refractivity contribution < 1.29 is 0 Å². The summed E-state index contributed by atoms with van der Waals surface area (Å²) < 4.78 is 4.51. The van der Waals surface area contributed by atoms with Crippen LogP contribution in [0, 0.1) is 0 Å². The molecule has 0 spiro atoms. The summed E-state index contributed by atoms with van der Waals surface area (Å²) >= 11 is 0. The minimum atomic E-state index is -0.00612. The lowest BCUT2D eigenvalue weighted by Gasteiger charge is -2.42.